The Balaban J connectivity index is 2.04. The number of ketones is 1. The van der Waals surface area contributed by atoms with E-state index in [1.165, 1.54) is 18.2 Å². The van der Waals surface area contributed by atoms with Gasteiger partial charge in [0.05, 0.1) is 4.47 Å². The molecule has 0 aromatic heterocycles. The number of hydrogen-bond donors (Lipinski definition) is 0. The second-order valence-electron chi connectivity index (χ2n) is 4.16. The van der Waals surface area contributed by atoms with Crippen LogP contribution in [-0.4, -0.2) is 12.4 Å². The summed E-state index contributed by atoms with van der Waals surface area (Å²) in [6.07, 6.45) is 0. The summed E-state index contributed by atoms with van der Waals surface area (Å²) in [6, 6.07) is 11.2. The van der Waals surface area contributed by atoms with E-state index in [0.29, 0.717) is 11.3 Å². The van der Waals surface area contributed by atoms with Crippen LogP contribution in [0.2, 0.25) is 0 Å². The van der Waals surface area contributed by atoms with Crippen LogP contribution >= 0.6 is 15.9 Å². The molecule has 0 saturated carbocycles. The number of halogens is 2. The van der Waals surface area contributed by atoms with Crippen molar-refractivity contribution < 1.29 is 13.9 Å². The summed E-state index contributed by atoms with van der Waals surface area (Å²) in [4.78, 5) is 11.8. The van der Waals surface area contributed by atoms with E-state index in [9.17, 15) is 9.18 Å². The maximum absolute atomic E-state index is 13.0. The molecule has 2 aromatic carbocycles. The van der Waals surface area contributed by atoms with Gasteiger partial charge in [0.15, 0.2) is 12.4 Å². The van der Waals surface area contributed by atoms with Crippen molar-refractivity contribution >= 4 is 21.7 Å². The molecule has 0 atom stereocenters. The summed E-state index contributed by atoms with van der Waals surface area (Å²) in [5.74, 6) is -0.0929. The molecule has 2 rings (SSSR count). The highest BCUT2D eigenvalue weighted by atomic mass is 79.9. The molecular weight excluding hydrogens is 311 g/mol. The molecule has 4 heteroatoms. The number of carbonyl (C=O) groups is 1. The molecule has 0 aliphatic carbocycles. The molecule has 19 heavy (non-hydrogen) atoms. The molecule has 0 fully saturated rings. The van der Waals surface area contributed by atoms with Crippen LogP contribution < -0.4 is 4.74 Å². The van der Waals surface area contributed by atoms with Gasteiger partial charge in [0.1, 0.15) is 11.6 Å². The van der Waals surface area contributed by atoms with E-state index in [1.807, 2.05) is 19.1 Å². The number of carbonyl (C=O) groups excluding carboxylic acids is 1. The highest BCUT2D eigenvalue weighted by molar-refractivity contribution is 9.10. The van der Waals surface area contributed by atoms with Gasteiger partial charge in [-0.05, 0) is 52.7 Å². The standard InChI is InChI=1S/C15H12BrFO2/c1-10-5-6-15(13(16)7-10)19-9-14(18)11-3-2-4-12(17)8-11/h2-8H,9H2,1H3. The predicted molar refractivity (Wildman–Crippen MR) is 75.1 cm³/mol. The topological polar surface area (TPSA) is 26.3 Å². The average Bonchev–Trinajstić information content (AvgIpc) is 2.37. The molecule has 0 radical (unpaired) electrons. The Labute approximate surface area is 119 Å². The Bertz CT molecular complexity index is 611. The fourth-order valence-electron chi connectivity index (χ4n) is 1.61. The van der Waals surface area contributed by atoms with Gasteiger partial charge in [-0.25, -0.2) is 4.39 Å². The quantitative estimate of drug-likeness (QED) is 0.790. The Hall–Kier alpha value is -1.68. The summed E-state index contributed by atoms with van der Waals surface area (Å²) >= 11 is 3.37. The van der Waals surface area contributed by atoms with Crippen LogP contribution in [0.5, 0.6) is 5.75 Å². The first kappa shape index (κ1) is 13.7. The van der Waals surface area contributed by atoms with Gasteiger partial charge in [0.2, 0.25) is 0 Å². The molecule has 0 heterocycles. The van der Waals surface area contributed by atoms with Crippen LogP contribution in [0.3, 0.4) is 0 Å². The van der Waals surface area contributed by atoms with Crippen LogP contribution in [0.1, 0.15) is 15.9 Å². The molecule has 0 aliphatic heterocycles. The number of ether oxygens (including phenoxy) is 1. The Morgan fingerprint density at radius 2 is 2.05 bits per heavy atom. The van der Waals surface area contributed by atoms with E-state index >= 15 is 0 Å². The molecule has 0 spiro atoms. The zero-order valence-corrected chi connectivity index (χ0v) is 11.9. The molecule has 0 aliphatic rings. The van der Waals surface area contributed by atoms with Crippen molar-refractivity contribution in [2.75, 3.05) is 6.61 Å². The monoisotopic (exact) mass is 322 g/mol. The summed E-state index contributed by atoms with van der Waals surface area (Å²) in [5.41, 5.74) is 1.40. The molecule has 0 amide bonds. The highest BCUT2D eigenvalue weighted by Crippen LogP contribution is 2.25. The lowest BCUT2D eigenvalue weighted by Gasteiger charge is -2.08. The maximum Gasteiger partial charge on any atom is 0.200 e. The molecule has 2 aromatic rings. The van der Waals surface area contributed by atoms with Crippen molar-refractivity contribution in [1.82, 2.24) is 0 Å². The average molecular weight is 323 g/mol. The number of hydrogen-bond acceptors (Lipinski definition) is 2. The summed E-state index contributed by atoms with van der Waals surface area (Å²) in [7, 11) is 0. The molecule has 0 bridgehead atoms. The zero-order chi connectivity index (χ0) is 13.8. The summed E-state index contributed by atoms with van der Waals surface area (Å²) in [6.45, 7) is 1.84. The molecule has 98 valence electrons. The highest BCUT2D eigenvalue weighted by Gasteiger charge is 2.09. The second kappa shape index (κ2) is 5.97. The van der Waals surface area contributed by atoms with Gasteiger partial charge in [-0.1, -0.05) is 18.2 Å². The number of rotatable bonds is 4. The lowest BCUT2D eigenvalue weighted by molar-refractivity contribution is 0.0920. The van der Waals surface area contributed by atoms with E-state index in [1.54, 1.807) is 12.1 Å². The van der Waals surface area contributed by atoms with Crippen molar-refractivity contribution in [3.63, 3.8) is 0 Å². The van der Waals surface area contributed by atoms with Crippen LogP contribution in [0.15, 0.2) is 46.9 Å². The number of benzene rings is 2. The lowest BCUT2D eigenvalue weighted by atomic mass is 10.1. The van der Waals surface area contributed by atoms with Crippen LogP contribution in [0.25, 0.3) is 0 Å². The van der Waals surface area contributed by atoms with Gasteiger partial charge < -0.3 is 4.74 Å². The minimum absolute atomic E-state index is 0.120. The Morgan fingerprint density at radius 3 is 2.74 bits per heavy atom. The SMILES string of the molecule is Cc1ccc(OCC(=O)c2cccc(F)c2)c(Br)c1. The first-order valence-corrected chi connectivity index (χ1v) is 6.53. The minimum atomic E-state index is -0.428. The molecule has 0 unspecified atom stereocenters. The lowest BCUT2D eigenvalue weighted by Crippen LogP contribution is -2.12. The van der Waals surface area contributed by atoms with E-state index in [-0.39, 0.29) is 12.4 Å². The van der Waals surface area contributed by atoms with Crippen molar-refractivity contribution in [2.45, 2.75) is 6.92 Å². The van der Waals surface area contributed by atoms with E-state index in [4.69, 9.17) is 4.74 Å². The molecule has 0 saturated heterocycles. The molecular formula is C15H12BrFO2. The minimum Gasteiger partial charge on any atom is -0.484 e. The fourth-order valence-corrected chi connectivity index (χ4v) is 2.22. The smallest absolute Gasteiger partial charge is 0.200 e. The van der Waals surface area contributed by atoms with E-state index < -0.39 is 5.82 Å². The summed E-state index contributed by atoms with van der Waals surface area (Å²) < 4.78 is 19.2. The van der Waals surface area contributed by atoms with Gasteiger partial charge in [-0.15, -0.1) is 0 Å². The number of aryl methyl sites for hydroxylation is 1. The first-order valence-electron chi connectivity index (χ1n) is 5.74. The third-order valence-corrected chi connectivity index (χ3v) is 3.21. The third kappa shape index (κ3) is 3.64. The normalized spacial score (nSPS) is 10.3. The maximum atomic E-state index is 13.0. The fraction of sp³-hybridized carbons (Fsp3) is 0.133. The summed E-state index contributed by atoms with van der Waals surface area (Å²) in [5, 5.41) is 0. The Morgan fingerprint density at radius 1 is 1.26 bits per heavy atom. The van der Waals surface area contributed by atoms with Crippen molar-refractivity contribution in [2.24, 2.45) is 0 Å². The molecule has 2 nitrogen and oxygen atoms in total. The van der Waals surface area contributed by atoms with Gasteiger partial charge >= 0.3 is 0 Å². The van der Waals surface area contributed by atoms with E-state index in [2.05, 4.69) is 15.9 Å². The van der Waals surface area contributed by atoms with Gasteiger partial charge in [-0.2, -0.15) is 0 Å². The third-order valence-electron chi connectivity index (χ3n) is 2.59. The van der Waals surface area contributed by atoms with Gasteiger partial charge in [-0.3, -0.25) is 4.79 Å². The van der Waals surface area contributed by atoms with Crippen LogP contribution in [0, 0.1) is 12.7 Å². The van der Waals surface area contributed by atoms with Crippen molar-refractivity contribution in [3.05, 3.63) is 63.9 Å². The second-order valence-corrected chi connectivity index (χ2v) is 5.01. The van der Waals surface area contributed by atoms with Gasteiger partial charge in [0.25, 0.3) is 0 Å². The molecule has 0 N–H and O–H groups in total. The van der Waals surface area contributed by atoms with Crippen LogP contribution in [0.4, 0.5) is 4.39 Å². The predicted octanol–water partition coefficient (Wildman–Crippen LogP) is 4.16. The van der Waals surface area contributed by atoms with Crippen LogP contribution in [-0.2, 0) is 0 Å². The van der Waals surface area contributed by atoms with E-state index in [0.717, 1.165) is 10.0 Å². The zero-order valence-electron chi connectivity index (χ0n) is 10.3. The first-order chi connectivity index (χ1) is 9.06. The van der Waals surface area contributed by atoms with Crippen molar-refractivity contribution in [3.8, 4) is 5.75 Å². The largest absolute Gasteiger partial charge is 0.484 e. The van der Waals surface area contributed by atoms with Gasteiger partial charge in [0, 0.05) is 5.56 Å². The Kier molecular flexibility index (Phi) is 4.32. The van der Waals surface area contributed by atoms with Crippen molar-refractivity contribution in [1.29, 1.82) is 0 Å². The number of Topliss-reactive ketones (excluding diaryl/α,β-unsaturated/α-hetero) is 1.